The summed E-state index contributed by atoms with van der Waals surface area (Å²) in [5.41, 5.74) is 0.817. The largest absolute Gasteiger partial charge is 0.354 e. The monoisotopic (exact) mass is 321 g/mol. The quantitative estimate of drug-likeness (QED) is 0.796. The van der Waals surface area contributed by atoms with E-state index in [4.69, 9.17) is 11.6 Å². The third-order valence-corrected chi connectivity index (χ3v) is 3.58. The first-order chi connectivity index (χ1) is 10.7. The van der Waals surface area contributed by atoms with Gasteiger partial charge in [0.2, 0.25) is 11.7 Å². The number of rotatable bonds is 7. The number of carbonyl (C=O) groups excluding carboxylic acids is 1. The molecule has 0 saturated heterocycles. The Hall–Kier alpha value is -1.95. The second-order valence-electron chi connectivity index (χ2n) is 5.01. The van der Waals surface area contributed by atoms with Gasteiger partial charge in [0.25, 0.3) is 0 Å². The lowest BCUT2D eigenvalue weighted by molar-refractivity contribution is -0.125. The molecule has 2 rings (SSSR count). The van der Waals surface area contributed by atoms with Gasteiger partial charge in [0.15, 0.2) is 6.04 Å². The highest BCUT2D eigenvalue weighted by Gasteiger charge is 2.21. The maximum Gasteiger partial charge on any atom is 0.246 e. The first-order valence-corrected chi connectivity index (χ1v) is 7.86. The molecule has 0 radical (unpaired) electrons. The molecule has 0 saturated carbocycles. The molecule has 7 heteroatoms. The molecule has 0 aliphatic heterocycles. The van der Waals surface area contributed by atoms with Crippen molar-refractivity contribution in [2.45, 2.75) is 39.2 Å². The van der Waals surface area contributed by atoms with Gasteiger partial charge in [-0.15, -0.1) is 10.2 Å². The Labute approximate surface area is 134 Å². The lowest BCUT2D eigenvalue weighted by atomic mass is 10.2. The summed E-state index contributed by atoms with van der Waals surface area (Å²) in [5, 5.41) is 15.9. The van der Waals surface area contributed by atoms with E-state index < -0.39 is 6.04 Å². The van der Waals surface area contributed by atoms with Crippen LogP contribution in [0.3, 0.4) is 0 Å². The molecule has 2 aromatic rings. The fourth-order valence-electron chi connectivity index (χ4n) is 2.03. The molecule has 22 heavy (non-hydrogen) atoms. The maximum absolute atomic E-state index is 12.2. The van der Waals surface area contributed by atoms with Gasteiger partial charge in [-0.1, -0.05) is 31.9 Å². The number of carbonyl (C=O) groups is 1. The van der Waals surface area contributed by atoms with E-state index in [1.54, 1.807) is 12.1 Å². The summed E-state index contributed by atoms with van der Waals surface area (Å²) in [7, 11) is 0. The summed E-state index contributed by atoms with van der Waals surface area (Å²) in [6.07, 6.45) is 2.61. The van der Waals surface area contributed by atoms with Crippen molar-refractivity contribution in [3.05, 3.63) is 29.3 Å². The van der Waals surface area contributed by atoms with Crippen molar-refractivity contribution < 1.29 is 4.79 Å². The number of amides is 1. The van der Waals surface area contributed by atoms with E-state index in [0.29, 0.717) is 23.8 Å². The van der Waals surface area contributed by atoms with Gasteiger partial charge in [-0.3, -0.25) is 4.79 Å². The number of aromatic nitrogens is 4. The van der Waals surface area contributed by atoms with Crippen LogP contribution in [-0.2, 0) is 4.79 Å². The molecule has 1 unspecified atom stereocenters. The lowest BCUT2D eigenvalue weighted by Gasteiger charge is -2.13. The molecular formula is C15H20ClN5O. The minimum absolute atomic E-state index is 0.0731. The number of tetrazole rings is 1. The fraction of sp³-hybridized carbons (Fsp3) is 0.467. The average Bonchev–Trinajstić information content (AvgIpc) is 2.98. The summed E-state index contributed by atoms with van der Waals surface area (Å²) in [4.78, 5) is 13.6. The molecule has 6 nitrogen and oxygen atoms in total. The molecule has 0 aliphatic rings. The highest BCUT2D eigenvalue weighted by atomic mass is 35.5. The normalized spacial score (nSPS) is 12.1. The second-order valence-corrected chi connectivity index (χ2v) is 5.45. The molecule has 0 fully saturated rings. The van der Waals surface area contributed by atoms with E-state index >= 15 is 0 Å². The topological polar surface area (TPSA) is 72.7 Å². The number of nitrogens with zero attached hydrogens (tertiary/aromatic N) is 4. The second kappa shape index (κ2) is 7.89. The van der Waals surface area contributed by atoms with E-state index in [1.165, 1.54) is 4.80 Å². The molecule has 1 heterocycles. The van der Waals surface area contributed by atoms with Crippen molar-refractivity contribution in [3.8, 4) is 11.4 Å². The van der Waals surface area contributed by atoms with Gasteiger partial charge in [0.05, 0.1) is 0 Å². The Morgan fingerprint density at radius 3 is 2.68 bits per heavy atom. The van der Waals surface area contributed by atoms with Crippen LogP contribution in [-0.4, -0.2) is 32.7 Å². The van der Waals surface area contributed by atoms with E-state index in [2.05, 4.69) is 27.7 Å². The summed E-state index contributed by atoms with van der Waals surface area (Å²) < 4.78 is 0. The number of benzene rings is 1. The number of nitrogens with one attached hydrogen (secondary N) is 1. The first-order valence-electron chi connectivity index (χ1n) is 7.48. The summed E-state index contributed by atoms with van der Waals surface area (Å²) >= 11 is 5.86. The van der Waals surface area contributed by atoms with Crippen LogP contribution in [0.2, 0.25) is 5.02 Å². The van der Waals surface area contributed by atoms with Crippen LogP contribution >= 0.6 is 11.6 Å². The van der Waals surface area contributed by atoms with Gasteiger partial charge in [-0.25, -0.2) is 0 Å². The Kier molecular flexibility index (Phi) is 5.89. The average molecular weight is 322 g/mol. The lowest BCUT2D eigenvalue weighted by Crippen LogP contribution is -2.34. The molecule has 1 aromatic heterocycles. The molecule has 1 atom stereocenters. The molecular weight excluding hydrogens is 302 g/mol. The van der Waals surface area contributed by atoms with Crippen molar-refractivity contribution in [3.63, 3.8) is 0 Å². The summed E-state index contributed by atoms with van der Waals surface area (Å²) in [6.45, 7) is 4.68. The first kappa shape index (κ1) is 16.4. The molecule has 0 spiro atoms. The van der Waals surface area contributed by atoms with Gasteiger partial charge in [-0.05, 0) is 42.3 Å². The van der Waals surface area contributed by atoms with Crippen LogP contribution in [0, 0.1) is 0 Å². The maximum atomic E-state index is 12.2. The van der Waals surface area contributed by atoms with Gasteiger partial charge < -0.3 is 5.32 Å². The highest BCUT2D eigenvalue weighted by molar-refractivity contribution is 6.30. The van der Waals surface area contributed by atoms with E-state index in [1.807, 2.05) is 19.1 Å². The number of halogens is 1. The molecule has 118 valence electrons. The molecule has 0 bridgehead atoms. The van der Waals surface area contributed by atoms with Gasteiger partial charge in [0, 0.05) is 17.1 Å². The van der Waals surface area contributed by atoms with Crippen LogP contribution in [0.15, 0.2) is 24.3 Å². The molecule has 1 aromatic carbocycles. The highest BCUT2D eigenvalue weighted by Crippen LogP contribution is 2.18. The summed E-state index contributed by atoms with van der Waals surface area (Å²) in [5.74, 6) is 0.410. The van der Waals surface area contributed by atoms with Crippen LogP contribution in [0.1, 0.15) is 39.2 Å². The minimum atomic E-state index is -0.439. The van der Waals surface area contributed by atoms with E-state index in [0.717, 1.165) is 18.4 Å². The van der Waals surface area contributed by atoms with Crippen LogP contribution in [0.5, 0.6) is 0 Å². The Morgan fingerprint density at radius 1 is 1.32 bits per heavy atom. The predicted molar refractivity (Wildman–Crippen MR) is 85.5 cm³/mol. The number of hydrogen-bond acceptors (Lipinski definition) is 4. The summed E-state index contributed by atoms with van der Waals surface area (Å²) in [6, 6.07) is 6.75. The Balaban J connectivity index is 2.10. The van der Waals surface area contributed by atoms with E-state index in [-0.39, 0.29) is 5.91 Å². The smallest absolute Gasteiger partial charge is 0.246 e. The predicted octanol–water partition coefficient (Wildman–Crippen LogP) is 2.86. The van der Waals surface area contributed by atoms with Crippen molar-refractivity contribution >= 4 is 17.5 Å². The van der Waals surface area contributed by atoms with Crippen molar-refractivity contribution in [2.24, 2.45) is 0 Å². The van der Waals surface area contributed by atoms with Crippen molar-refractivity contribution in [1.29, 1.82) is 0 Å². The molecule has 0 aliphatic carbocycles. The zero-order valence-corrected chi connectivity index (χ0v) is 13.5. The van der Waals surface area contributed by atoms with Crippen molar-refractivity contribution in [1.82, 2.24) is 25.5 Å². The standard InChI is InChI=1S/C15H20ClN5O/c1-3-5-10-17-15(22)13(4-2)21-19-14(18-20-21)11-6-8-12(16)9-7-11/h6-9,13H,3-5,10H2,1-2H3,(H,17,22). The zero-order valence-electron chi connectivity index (χ0n) is 12.8. The van der Waals surface area contributed by atoms with Crippen LogP contribution < -0.4 is 5.32 Å². The SMILES string of the molecule is CCCCNC(=O)C(CC)n1nnc(-c2ccc(Cl)cc2)n1. The number of hydrogen-bond donors (Lipinski definition) is 1. The number of unbranched alkanes of at least 4 members (excludes halogenated alkanes) is 1. The third kappa shape index (κ3) is 4.04. The fourth-order valence-corrected chi connectivity index (χ4v) is 2.16. The Bertz CT molecular complexity index is 611. The van der Waals surface area contributed by atoms with Gasteiger partial charge in [-0.2, -0.15) is 4.80 Å². The van der Waals surface area contributed by atoms with Gasteiger partial charge in [0.1, 0.15) is 0 Å². The van der Waals surface area contributed by atoms with Crippen LogP contribution in [0.4, 0.5) is 0 Å². The van der Waals surface area contributed by atoms with Crippen molar-refractivity contribution in [2.75, 3.05) is 6.54 Å². The molecule has 1 amide bonds. The molecule has 1 N–H and O–H groups in total. The van der Waals surface area contributed by atoms with Crippen LogP contribution in [0.25, 0.3) is 11.4 Å². The van der Waals surface area contributed by atoms with Gasteiger partial charge >= 0.3 is 0 Å². The third-order valence-electron chi connectivity index (χ3n) is 3.33. The van der Waals surface area contributed by atoms with E-state index in [9.17, 15) is 4.79 Å². The minimum Gasteiger partial charge on any atom is -0.354 e. The Morgan fingerprint density at radius 2 is 2.05 bits per heavy atom. The zero-order chi connectivity index (χ0) is 15.9.